The molecule has 0 saturated carbocycles. The molecule has 2 atom stereocenters. The highest BCUT2D eigenvalue weighted by Gasteiger charge is 2.36. The second kappa shape index (κ2) is 8.59. The van der Waals surface area contributed by atoms with Crippen molar-refractivity contribution in [2.75, 3.05) is 11.9 Å². The first-order valence-electron chi connectivity index (χ1n) is 9.69. The molecule has 152 valence electrons. The third-order valence-corrected chi connectivity index (χ3v) is 5.25. The van der Waals surface area contributed by atoms with E-state index in [0.717, 1.165) is 11.1 Å². The predicted octanol–water partition coefficient (Wildman–Crippen LogP) is 4.68. The summed E-state index contributed by atoms with van der Waals surface area (Å²) in [5.41, 5.74) is 2.29. The molecule has 5 nitrogen and oxygen atoms in total. The normalized spacial score (nSPS) is 16.8. The van der Waals surface area contributed by atoms with E-state index in [4.69, 9.17) is 16.3 Å². The summed E-state index contributed by atoms with van der Waals surface area (Å²) in [6.07, 6.45) is -0.771. The van der Waals surface area contributed by atoms with E-state index in [0.29, 0.717) is 16.5 Å². The first kappa shape index (κ1) is 20.0. The minimum atomic E-state index is -0.771. The molecule has 3 aromatic rings. The fraction of sp³-hybridized carbons (Fsp3) is 0.167. The number of nitrogens with zero attached hydrogens (tertiary/aromatic N) is 1. The van der Waals surface area contributed by atoms with Crippen molar-refractivity contribution < 1.29 is 14.3 Å². The number of ether oxygens (including phenoxy) is 1. The minimum absolute atomic E-state index is 0.0901. The molecule has 1 aliphatic heterocycles. The van der Waals surface area contributed by atoms with E-state index in [1.807, 2.05) is 48.5 Å². The Balaban J connectivity index is 1.75. The lowest BCUT2D eigenvalue weighted by Gasteiger charge is -2.32. The Kier molecular flexibility index (Phi) is 5.72. The van der Waals surface area contributed by atoms with Gasteiger partial charge in [0.1, 0.15) is 12.3 Å². The van der Waals surface area contributed by atoms with Crippen LogP contribution in [0.25, 0.3) is 0 Å². The van der Waals surface area contributed by atoms with Gasteiger partial charge in [-0.05, 0) is 42.8 Å². The molecule has 0 aliphatic carbocycles. The molecule has 0 aromatic heterocycles. The van der Waals surface area contributed by atoms with Gasteiger partial charge in [0.25, 0.3) is 5.91 Å². The standard InChI is InChI=1S/C24H21ClN2O3/c1-16(30-19-10-6-3-7-11-19)24(29)27-15-22(28)26-21-13-12-18(25)14-20(21)23(27)17-8-4-2-5-9-17/h2-14,16,23H,15H2,1H3,(H,26,28)/t16-,23+/m1/s1. The van der Waals surface area contributed by atoms with Crippen molar-refractivity contribution in [2.45, 2.75) is 19.1 Å². The summed E-state index contributed by atoms with van der Waals surface area (Å²) in [5.74, 6) is 0.0466. The summed E-state index contributed by atoms with van der Waals surface area (Å²) in [6.45, 7) is 1.60. The van der Waals surface area contributed by atoms with Gasteiger partial charge in [-0.25, -0.2) is 0 Å². The number of anilines is 1. The molecule has 0 spiro atoms. The van der Waals surface area contributed by atoms with Gasteiger partial charge in [0, 0.05) is 16.3 Å². The second-order valence-corrected chi connectivity index (χ2v) is 7.57. The Morgan fingerprint density at radius 3 is 2.43 bits per heavy atom. The van der Waals surface area contributed by atoms with E-state index < -0.39 is 12.1 Å². The Bertz CT molecular complexity index is 1060. The maximum absolute atomic E-state index is 13.5. The number of carbonyl (C=O) groups excluding carboxylic acids is 2. The van der Waals surface area contributed by atoms with Crippen molar-refractivity contribution in [2.24, 2.45) is 0 Å². The Hall–Kier alpha value is -3.31. The molecule has 6 heteroatoms. The van der Waals surface area contributed by atoms with Gasteiger partial charge in [0.2, 0.25) is 5.91 Å². The number of halogens is 1. The van der Waals surface area contributed by atoms with Gasteiger partial charge in [-0.15, -0.1) is 0 Å². The van der Waals surface area contributed by atoms with Crippen molar-refractivity contribution in [3.05, 3.63) is 95.0 Å². The summed E-state index contributed by atoms with van der Waals surface area (Å²) >= 11 is 6.28. The smallest absolute Gasteiger partial charge is 0.264 e. The highest BCUT2D eigenvalue weighted by molar-refractivity contribution is 6.30. The fourth-order valence-corrected chi connectivity index (χ4v) is 3.84. The number of nitrogens with one attached hydrogen (secondary N) is 1. The number of hydrogen-bond donors (Lipinski definition) is 1. The highest BCUT2D eigenvalue weighted by Crippen LogP contribution is 2.37. The van der Waals surface area contributed by atoms with Crippen LogP contribution < -0.4 is 10.1 Å². The zero-order valence-electron chi connectivity index (χ0n) is 16.4. The molecule has 0 radical (unpaired) electrons. The maximum Gasteiger partial charge on any atom is 0.264 e. The van der Waals surface area contributed by atoms with E-state index in [-0.39, 0.29) is 18.4 Å². The van der Waals surface area contributed by atoms with E-state index in [9.17, 15) is 9.59 Å². The molecule has 0 unspecified atom stereocenters. The van der Waals surface area contributed by atoms with Gasteiger partial charge in [0.05, 0.1) is 6.04 Å². The number of benzene rings is 3. The van der Waals surface area contributed by atoms with Crippen molar-refractivity contribution in [1.82, 2.24) is 4.90 Å². The lowest BCUT2D eigenvalue weighted by atomic mass is 9.95. The van der Waals surface area contributed by atoms with Crippen molar-refractivity contribution in [3.8, 4) is 5.75 Å². The average molecular weight is 421 g/mol. The summed E-state index contributed by atoms with van der Waals surface area (Å²) in [5, 5.41) is 3.42. The lowest BCUT2D eigenvalue weighted by molar-refractivity contribution is -0.142. The van der Waals surface area contributed by atoms with Crippen LogP contribution in [0.4, 0.5) is 5.69 Å². The van der Waals surface area contributed by atoms with Crippen molar-refractivity contribution in [3.63, 3.8) is 0 Å². The zero-order chi connectivity index (χ0) is 21.1. The third-order valence-electron chi connectivity index (χ3n) is 5.01. The molecule has 4 rings (SSSR count). The summed E-state index contributed by atoms with van der Waals surface area (Å²) in [4.78, 5) is 27.6. The van der Waals surface area contributed by atoms with E-state index >= 15 is 0 Å². The van der Waals surface area contributed by atoms with E-state index in [1.165, 1.54) is 0 Å². The Morgan fingerprint density at radius 2 is 1.73 bits per heavy atom. The molecular weight excluding hydrogens is 400 g/mol. The summed E-state index contributed by atoms with van der Waals surface area (Å²) in [7, 11) is 0. The van der Waals surface area contributed by atoms with Gasteiger partial charge >= 0.3 is 0 Å². The van der Waals surface area contributed by atoms with Gasteiger partial charge in [0.15, 0.2) is 6.10 Å². The minimum Gasteiger partial charge on any atom is -0.481 e. The van der Waals surface area contributed by atoms with E-state index in [2.05, 4.69) is 5.32 Å². The predicted molar refractivity (Wildman–Crippen MR) is 117 cm³/mol. The van der Waals surface area contributed by atoms with Gasteiger partial charge in [-0.1, -0.05) is 60.1 Å². The Morgan fingerprint density at radius 1 is 1.07 bits per heavy atom. The molecule has 0 saturated heterocycles. The molecule has 1 aliphatic rings. The van der Waals surface area contributed by atoms with Gasteiger partial charge < -0.3 is 15.0 Å². The zero-order valence-corrected chi connectivity index (χ0v) is 17.2. The number of para-hydroxylation sites is 1. The quantitative estimate of drug-likeness (QED) is 0.666. The molecule has 30 heavy (non-hydrogen) atoms. The number of hydrogen-bond acceptors (Lipinski definition) is 3. The first-order chi connectivity index (χ1) is 14.5. The van der Waals surface area contributed by atoms with Gasteiger partial charge in [-0.2, -0.15) is 0 Å². The monoisotopic (exact) mass is 420 g/mol. The fourth-order valence-electron chi connectivity index (χ4n) is 3.66. The summed E-state index contributed by atoms with van der Waals surface area (Å²) in [6, 6.07) is 23.6. The molecule has 0 fully saturated rings. The molecule has 1 heterocycles. The van der Waals surface area contributed by atoms with Crippen LogP contribution in [0, 0.1) is 0 Å². The Labute approximate surface area is 180 Å². The largest absolute Gasteiger partial charge is 0.481 e. The molecule has 2 amide bonds. The molecule has 1 N–H and O–H groups in total. The second-order valence-electron chi connectivity index (χ2n) is 7.13. The van der Waals surface area contributed by atoms with Crippen LogP contribution in [-0.2, 0) is 9.59 Å². The SMILES string of the molecule is C[C@@H](Oc1ccccc1)C(=O)N1CC(=O)Nc2ccc(Cl)cc2[C@@H]1c1ccccc1. The summed E-state index contributed by atoms with van der Waals surface area (Å²) < 4.78 is 5.85. The van der Waals surface area contributed by atoms with Gasteiger partial charge in [-0.3, -0.25) is 9.59 Å². The first-order valence-corrected chi connectivity index (χ1v) is 10.1. The van der Waals surface area contributed by atoms with Crippen molar-refractivity contribution in [1.29, 1.82) is 0 Å². The molecule has 3 aromatic carbocycles. The average Bonchev–Trinajstić information content (AvgIpc) is 2.90. The number of amides is 2. The van der Waals surface area contributed by atoms with Crippen LogP contribution in [0.5, 0.6) is 5.75 Å². The lowest BCUT2D eigenvalue weighted by Crippen LogP contribution is -2.45. The van der Waals surface area contributed by atoms with Crippen LogP contribution in [0.3, 0.4) is 0 Å². The topological polar surface area (TPSA) is 58.6 Å². The molecule has 0 bridgehead atoms. The number of rotatable bonds is 4. The highest BCUT2D eigenvalue weighted by atomic mass is 35.5. The molecular formula is C24H21ClN2O3. The number of fused-ring (bicyclic) bond motifs is 1. The van der Waals surface area contributed by atoms with Crippen LogP contribution in [0.15, 0.2) is 78.9 Å². The van der Waals surface area contributed by atoms with Crippen molar-refractivity contribution >= 4 is 29.1 Å². The maximum atomic E-state index is 13.5. The van der Waals surface area contributed by atoms with Crippen LogP contribution in [0.1, 0.15) is 24.1 Å². The number of carbonyl (C=O) groups is 2. The van der Waals surface area contributed by atoms with Crippen LogP contribution >= 0.6 is 11.6 Å². The van der Waals surface area contributed by atoms with Crippen LogP contribution in [-0.4, -0.2) is 29.4 Å². The third kappa shape index (κ3) is 4.16. The van der Waals surface area contributed by atoms with E-state index in [1.54, 1.807) is 42.2 Å². The van der Waals surface area contributed by atoms with Crippen LogP contribution in [0.2, 0.25) is 5.02 Å².